The van der Waals surface area contributed by atoms with Gasteiger partial charge in [-0.1, -0.05) is 42.5 Å². The number of benzene rings is 2. The Kier molecular flexibility index (Phi) is 4.01. The van der Waals surface area contributed by atoms with Crippen molar-refractivity contribution in [2.45, 2.75) is 25.4 Å². The lowest BCUT2D eigenvalue weighted by atomic mass is 9.84. The van der Waals surface area contributed by atoms with E-state index in [-0.39, 0.29) is 5.91 Å². The molecule has 1 N–H and O–H groups in total. The van der Waals surface area contributed by atoms with Crippen LogP contribution in [0.3, 0.4) is 0 Å². The summed E-state index contributed by atoms with van der Waals surface area (Å²) in [6.07, 6.45) is -0.546. The number of carbonyl (C=O) groups excluding carboxylic acids is 2. The molecule has 124 valence electrons. The van der Waals surface area contributed by atoms with Crippen molar-refractivity contribution in [2.75, 3.05) is 7.05 Å². The molecule has 0 aromatic heterocycles. The van der Waals surface area contributed by atoms with Gasteiger partial charge in [-0.3, -0.25) is 9.69 Å². The molecule has 2 amide bonds. The van der Waals surface area contributed by atoms with Crippen LogP contribution >= 0.6 is 0 Å². The predicted molar refractivity (Wildman–Crippen MR) is 91.7 cm³/mol. The summed E-state index contributed by atoms with van der Waals surface area (Å²) in [6, 6.07) is 16.7. The van der Waals surface area contributed by atoms with E-state index in [0.29, 0.717) is 5.75 Å². The number of hydrogen-bond acceptors (Lipinski definition) is 3. The number of rotatable bonds is 3. The minimum absolute atomic E-state index is 0.168. The highest BCUT2D eigenvalue weighted by molar-refractivity contribution is 5.93. The zero-order chi connectivity index (χ0) is 17.3. The minimum atomic E-state index is -0.546. The van der Waals surface area contributed by atoms with Gasteiger partial charge >= 0.3 is 6.09 Å². The summed E-state index contributed by atoms with van der Waals surface area (Å²) in [5, 5.41) is 2.77. The third-order valence-corrected chi connectivity index (χ3v) is 4.22. The van der Waals surface area contributed by atoms with Crippen molar-refractivity contribution in [3.05, 3.63) is 54.6 Å². The van der Waals surface area contributed by atoms with Gasteiger partial charge in [0.2, 0.25) is 5.91 Å². The predicted octanol–water partition coefficient (Wildman–Crippen LogP) is 3.06. The molecule has 2 aromatic carbocycles. The van der Waals surface area contributed by atoms with E-state index < -0.39 is 17.7 Å². The van der Waals surface area contributed by atoms with Gasteiger partial charge in [0.05, 0.1) is 5.54 Å². The van der Waals surface area contributed by atoms with Crippen LogP contribution in [0.4, 0.5) is 4.79 Å². The summed E-state index contributed by atoms with van der Waals surface area (Å²) in [5.74, 6) is 0.281. The molecule has 5 heteroatoms. The molecule has 1 heterocycles. The van der Waals surface area contributed by atoms with Gasteiger partial charge in [-0.25, -0.2) is 4.79 Å². The monoisotopic (exact) mass is 324 g/mol. The Balaban J connectivity index is 1.68. The molecule has 5 nitrogen and oxygen atoms in total. The number of amides is 2. The van der Waals surface area contributed by atoms with Gasteiger partial charge in [0, 0.05) is 7.05 Å². The van der Waals surface area contributed by atoms with Crippen LogP contribution in [0.5, 0.6) is 5.75 Å². The van der Waals surface area contributed by atoms with E-state index >= 15 is 0 Å². The van der Waals surface area contributed by atoms with Crippen molar-refractivity contribution in [1.29, 1.82) is 0 Å². The molecule has 3 rings (SSSR count). The first-order valence-corrected chi connectivity index (χ1v) is 7.80. The largest absolute Gasteiger partial charge is 0.415 e. The summed E-state index contributed by atoms with van der Waals surface area (Å²) in [6.45, 7) is 3.75. The van der Waals surface area contributed by atoms with Gasteiger partial charge in [0.15, 0.2) is 0 Å². The summed E-state index contributed by atoms with van der Waals surface area (Å²) >= 11 is 0. The fourth-order valence-electron chi connectivity index (χ4n) is 2.99. The van der Waals surface area contributed by atoms with Crippen LogP contribution in [0.25, 0.3) is 11.1 Å². The van der Waals surface area contributed by atoms with Gasteiger partial charge < -0.3 is 10.1 Å². The van der Waals surface area contributed by atoms with Crippen molar-refractivity contribution >= 4 is 12.0 Å². The van der Waals surface area contributed by atoms with E-state index in [9.17, 15) is 9.59 Å². The van der Waals surface area contributed by atoms with Gasteiger partial charge in [0.1, 0.15) is 11.8 Å². The number of β-lactam (4-membered cyclic amide) rings is 1. The number of ether oxygens (including phenoxy) is 1. The molecule has 1 saturated heterocycles. The molecule has 1 aliphatic heterocycles. The van der Waals surface area contributed by atoms with Gasteiger partial charge in [-0.05, 0) is 37.1 Å². The molecule has 1 fully saturated rings. The molecule has 0 aliphatic carbocycles. The molecular formula is C19H20N2O3. The molecule has 24 heavy (non-hydrogen) atoms. The Hall–Kier alpha value is -2.82. The minimum Gasteiger partial charge on any atom is -0.410 e. The normalized spacial score (nSPS) is 18.3. The molecule has 0 spiro atoms. The average Bonchev–Trinajstić information content (AvgIpc) is 2.55. The Bertz CT molecular complexity index is 754. The molecule has 1 aliphatic rings. The Morgan fingerprint density at radius 2 is 1.62 bits per heavy atom. The van der Waals surface area contributed by atoms with Crippen LogP contribution in [0.2, 0.25) is 0 Å². The van der Waals surface area contributed by atoms with Crippen LogP contribution in [0.15, 0.2) is 54.6 Å². The first kappa shape index (κ1) is 16.1. The second-order valence-electron chi connectivity index (χ2n) is 6.48. The van der Waals surface area contributed by atoms with Gasteiger partial charge in [-0.2, -0.15) is 0 Å². The molecular weight excluding hydrogens is 304 g/mol. The summed E-state index contributed by atoms with van der Waals surface area (Å²) < 4.78 is 5.37. The second kappa shape index (κ2) is 6.00. The van der Waals surface area contributed by atoms with Crippen molar-refractivity contribution in [1.82, 2.24) is 10.2 Å². The van der Waals surface area contributed by atoms with Gasteiger partial charge in [0.25, 0.3) is 0 Å². The molecule has 0 bridgehead atoms. The van der Waals surface area contributed by atoms with Crippen LogP contribution < -0.4 is 10.1 Å². The molecule has 0 saturated carbocycles. The van der Waals surface area contributed by atoms with Crippen LogP contribution in [0.1, 0.15) is 13.8 Å². The van der Waals surface area contributed by atoms with E-state index in [1.165, 1.54) is 4.90 Å². The second-order valence-corrected chi connectivity index (χ2v) is 6.48. The summed E-state index contributed by atoms with van der Waals surface area (Å²) in [4.78, 5) is 25.3. The SMILES string of the molecule is CN(C(=O)Oc1ccc(-c2ccccc2)cc1)[C@H]1C(=O)NC1(C)C. The number of nitrogens with one attached hydrogen (secondary N) is 1. The first-order valence-electron chi connectivity index (χ1n) is 7.80. The van der Waals surface area contributed by atoms with E-state index in [1.807, 2.05) is 56.3 Å². The lowest BCUT2D eigenvalue weighted by molar-refractivity contribution is -0.140. The number of nitrogens with zero attached hydrogens (tertiary/aromatic N) is 1. The lowest BCUT2D eigenvalue weighted by Gasteiger charge is -2.47. The zero-order valence-corrected chi connectivity index (χ0v) is 13.9. The maximum absolute atomic E-state index is 12.3. The third-order valence-electron chi connectivity index (χ3n) is 4.22. The maximum Gasteiger partial charge on any atom is 0.415 e. The third kappa shape index (κ3) is 2.97. The Morgan fingerprint density at radius 3 is 2.17 bits per heavy atom. The summed E-state index contributed by atoms with van der Waals surface area (Å²) in [5.41, 5.74) is 1.70. The van der Waals surface area contributed by atoms with E-state index in [1.54, 1.807) is 19.2 Å². The molecule has 0 radical (unpaired) electrons. The number of likely N-dealkylation sites (N-methyl/N-ethyl adjacent to an activating group) is 1. The van der Waals surface area contributed by atoms with Crippen LogP contribution in [-0.2, 0) is 4.79 Å². The number of hydrogen-bond donors (Lipinski definition) is 1. The van der Waals surface area contributed by atoms with E-state index in [4.69, 9.17) is 4.74 Å². The summed E-state index contributed by atoms with van der Waals surface area (Å²) in [7, 11) is 1.58. The highest BCUT2D eigenvalue weighted by Crippen LogP contribution is 2.26. The Morgan fingerprint density at radius 1 is 1.04 bits per heavy atom. The lowest BCUT2D eigenvalue weighted by Crippen LogP contribution is -2.75. The van der Waals surface area contributed by atoms with E-state index in [2.05, 4.69) is 5.32 Å². The standard InChI is InChI=1S/C19H20N2O3/c1-19(2)16(17(22)20-19)21(3)18(23)24-15-11-9-14(10-12-15)13-7-5-4-6-8-13/h4-12,16H,1-3H3,(H,20,22)/t16-/m0/s1. The van der Waals surface area contributed by atoms with E-state index in [0.717, 1.165) is 11.1 Å². The van der Waals surface area contributed by atoms with Crippen molar-refractivity contribution in [2.24, 2.45) is 0 Å². The Labute approximate surface area is 141 Å². The average molecular weight is 324 g/mol. The quantitative estimate of drug-likeness (QED) is 0.883. The molecule has 0 unspecified atom stereocenters. The molecule has 2 aromatic rings. The highest BCUT2D eigenvalue weighted by Gasteiger charge is 2.50. The first-order chi connectivity index (χ1) is 11.4. The number of carbonyl (C=O) groups is 2. The van der Waals surface area contributed by atoms with Crippen LogP contribution in [-0.4, -0.2) is 35.5 Å². The van der Waals surface area contributed by atoms with Crippen LogP contribution in [0, 0.1) is 0 Å². The smallest absolute Gasteiger partial charge is 0.410 e. The zero-order valence-electron chi connectivity index (χ0n) is 13.9. The fourth-order valence-corrected chi connectivity index (χ4v) is 2.99. The topological polar surface area (TPSA) is 58.6 Å². The van der Waals surface area contributed by atoms with Gasteiger partial charge in [-0.15, -0.1) is 0 Å². The van der Waals surface area contributed by atoms with Crippen molar-refractivity contribution in [3.8, 4) is 16.9 Å². The maximum atomic E-state index is 12.3. The van der Waals surface area contributed by atoms with Crippen molar-refractivity contribution in [3.63, 3.8) is 0 Å². The van der Waals surface area contributed by atoms with Crippen molar-refractivity contribution < 1.29 is 14.3 Å². The fraction of sp³-hybridized carbons (Fsp3) is 0.263. The molecule has 1 atom stereocenters. The highest BCUT2D eigenvalue weighted by atomic mass is 16.6.